The molecule has 2 heteroatoms. The zero-order valence-electron chi connectivity index (χ0n) is 7.58. The molecule has 2 N–H and O–H groups in total. The Kier molecular flexibility index (Phi) is 6.57. The van der Waals surface area contributed by atoms with E-state index >= 15 is 0 Å². The Morgan fingerprint density at radius 1 is 1.27 bits per heavy atom. The Morgan fingerprint density at radius 3 is 2.09 bits per heavy atom. The maximum Gasteiger partial charge on any atom is 0.0799 e. The average molecular weight is 160 g/mol. The van der Waals surface area contributed by atoms with Gasteiger partial charge in [-0.1, -0.05) is 26.7 Å². The van der Waals surface area contributed by atoms with Crippen LogP contribution in [0.5, 0.6) is 0 Å². The van der Waals surface area contributed by atoms with Crippen LogP contribution in [0.3, 0.4) is 0 Å². The molecule has 11 heavy (non-hydrogen) atoms. The molecule has 0 heterocycles. The fraction of sp³-hybridized carbons (Fsp3) is 1.00. The molecule has 1 aliphatic rings. The van der Waals surface area contributed by atoms with Gasteiger partial charge in [0.25, 0.3) is 0 Å². The summed E-state index contributed by atoms with van der Waals surface area (Å²) in [6, 6.07) is 0. The highest BCUT2D eigenvalue weighted by Crippen LogP contribution is 2.27. The molecule has 1 fully saturated rings. The highest BCUT2D eigenvalue weighted by atomic mass is 16.3. The minimum atomic E-state index is -0.451. The molecule has 1 unspecified atom stereocenters. The van der Waals surface area contributed by atoms with Gasteiger partial charge in [-0.25, -0.2) is 0 Å². The molecule has 0 saturated heterocycles. The Hall–Kier alpha value is -0.0800. The van der Waals surface area contributed by atoms with Crippen molar-refractivity contribution >= 4 is 0 Å². The molecule has 0 bridgehead atoms. The smallest absolute Gasteiger partial charge is 0.0799 e. The Bertz CT molecular complexity index is 77.6. The van der Waals surface area contributed by atoms with Crippen molar-refractivity contribution in [1.29, 1.82) is 0 Å². The van der Waals surface area contributed by atoms with Gasteiger partial charge in [-0.2, -0.15) is 0 Å². The quantitative estimate of drug-likeness (QED) is 0.643. The van der Waals surface area contributed by atoms with Gasteiger partial charge < -0.3 is 10.2 Å². The van der Waals surface area contributed by atoms with Crippen molar-refractivity contribution in [2.24, 2.45) is 5.92 Å². The average Bonchev–Trinajstić information content (AvgIpc) is 2.59. The largest absolute Gasteiger partial charge is 0.394 e. The normalized spacial score (nSPS) is 20.7. The molecule has 1 rings (SSSR count). The van der Waals surface area contributed by atoms with Crippen LogP contribution in [-0.4, -0.2) is 22.9 Å². The second kappa shape index (κ2) is 6.62. The van der Waals surface area contributed by atoms with Crippen LogP contribution in [0.15, 0.2) is 0 Å². The lowest BCUT2D eigenvalue weighted by atomic mass is 10.0. The van der Waals surface area contributed by atoms with Crippen LogP contribution in [-0.2, 0) is 0 Å². The molecule has 0 radical (unpaired) electrons. The lowest BCUT2D eigenvalue weighted by molar-refractivity contribution is 0.0494. The zero-order valence-corrected chi connectivity index (χ0v) is 7.58. The van der Waals surface area contributed by atoms with Crippen molar-refractivity contribution in [1.82, 2.24) is 0 Å². The monoisotopic (exact) mass is 160 g/mol. The van der Waals surface area contributed by atoms with Gasteiger partial charge in [0.2, 0.25) is 0 Å². The molecule has 68 valence electrons. The highest BCUT2D eigenvalue weighted by Gasteiger charge is 2.21. The van der Waals surface area contributed by atoms with Crippen LogP contribution in [0.2, 0.25) is 0 Å². The van der Waals surface area contributed by atoms with E-state index in [1.54, 1.807) is 0 Å². The minimum absolute atomic E-state index is 0.0648. The standard InChI is InChI=1S/C7H14O2.C2H6/c8-5-7(9)6-3-1-2-4-6;1-2/h6-9H,1-5H2;1-2H3. The predicted octanol–water partition coefficient (Wildman–Crippen LogP) is 1.56. The Labute approximate surface area is 69.2 Å². The van der Waals surface area contributed by atoms with Gasteiger partial charge in [-0.15, -0.1) is 0 Å². The van der Waals surface area contributed by atoms with Gasteiger partial charge >= 0.3 is 0 Å². The van der Waals surface area contributed by atoms with Crippen LogP contribution >= 0.6 is 0 Å². The van der Waals surface area contributed by atoms with E-state index in [1.165, 1.54) is 12.8 Å². The minimum Gasteiger partial charge on any atom is -0.394 e. The number of hydrogen-bond donors (Lipinski definition) is 2. The molecule has 1 saturated carbocycles. The van der Waals surface area contributed by atoms with Crippen LogP contribution in [0.4, 0.5) is 0 Å². The molecule has 0 aliphatic heterocycles. The third kappa shape index (κ3) is 3.73. The number of aliphatic hydroxyl groups is 2. The van der Waals surface area contributed by atoms with Crippen molar-refractivity contribution in [3.8, 4) is 0 Å². The first kappa shape index (κ1) is 10.9. The van der Waals surface area contributed by atoms with Crippen LogP contribution in [0.25, 0.3) is 0 Å². The summed E-state index contributed by atoms with van der Waals surface area (Å²) in [6.07, 6.45) is 4.19. The molecule has 0 aromatic carbocycles. The van der Waals surface area contributed by atoms with Gasteiger partial charge in [0.15, 0.2) is 0 Å². The fourth-order valence-electron chi connectivity index (χ4n) is 1.49. The lowest BCUT2D eigenvalue weighted by Crippen LogP contribution is -2.21. The van der Waals surface area contributed by atoms with Gasteiger partial charge in [-0.3, -0.25) is 0 Å². The summed E-state index contributed by atoms with van der Waals surface area (Å²) in [5.74, 6) is 0.384. The van der Waals surface area contributed by atoms with Gasteiger partial charge in [0.1, 0.15) is 0 Å². The predicted molar refractivity (Wildman–Crippen MR) is 46.4 cm³/mol. The highest BCUT2D eigenvalue weighted by molar-refractivity contribution is 4.73. The third-order valence-electron chi connectivity index (χ3n) is 2.13. The molecular formula is C9H20O2. The Balaban J connectivity index is 0.000000461. The van der Waals surface area contributed by atoms with Crippen LogP contribution in [0.1, 0.15) is 39.5 Å². The molecule has 0 spiro atoms. The molecule has 0 aromatic heterocycles. The van der Waals surface area contributed by atoms with Gasteiger partial charge in [0.05, 0.1) is 12.7 Å². The zero-order chi connectivity index (χ0) is 8.69. The maximum absolute atomic E-state index is 9.11. The molecule has 1 atom stereocenters. The van der Waals surface area contributed by atoms with Crippen molar-refractivity contribution < 1.29 is 10.2 Å². The fourth-order valence-corrected chi connectivity index (χ4v) is 1.49. The first-order valence-corrected chi connectivity index (χ1v) is 4.63. The van der Waals surface area contributed by atoms with E-state index in [0.29, 0.717) is 5.92 Å². The summed E-state index contributed by atoms with van der Waals surface area (Å²) < 4.78 is 0. The summed E-state index contributed by atoms with van der Waals surface area (Å²) >= 11 is 0. The Morgan fingerprint density at radius 2 is 1.73 bits per heavy atom. The first-order chi connectivity index (χ1) is 5.34. The summed E-state index contributed by atoms with van der Waals surface area (Å²) in [7, 11) is 0. The number of rotatable bonds is 2. The molecule has 0 amide bonds. The van der Waals surface area contributed by atoms with E-state index in [0.717, 1.165) is 12.8 Å². The third-order valence-corrected chi connectivity index (χ3v) is 2.13. The second-order valence-corrected chi connectivity index (χ2v) is 2.79. The van der Waals surface area contributed by atoms with E-state index in [4.69, 9.17) is 10.2 Å². The van der Waals surface area contributed by atoms with E-state index in [9.17, 15) is 0 Å². The van der Waals surface area contributed by atoms with Crippen molar-refractivity contribution in [3.05, 3.63) is 0 Å². The van der Waals surface area contributed by atoms with Crippen molar-refractivity contribution in [2.45, 2.75) is 45.6 Å². The summed E-state index contributed by atoms with van der Waals surface area (Å²) in [5.41, 5.74) is 0. The first-order valence-electron chi connectivity index (χ1n) is 4.63. The summed E-state index contributed by atoms with van der Waals surface area (Å²) in [6.45, 7) is 3.94. The SMILES string of the molecule is CC.OCC(O)C1CCCC1. The summed E-state index contributed by atoms with van der Waals surface area (Å²) in [5, 5.41) is 17.7. The van der Waals surface area contributed by atoms with E-state index in [1.807, 2.05) is 13.8 Å². The van der Waals surface area contributed by atoms with Gasteiger partial charge in [-0.05, 0) is 18.8 Å². The lowest BCUT2D eigenvalue weighted by Gasteiger charge is -2.13. The van der Waals surface area contributed by atoms with Crippen LogP contribution in [0, 0.1) is 5.92 Å². The molecule has 2 nitrogen and oxygen atoms in total. The summed E-state index contributed by atoms with van der Waals surface area (Å²) in [4.78, 5) is 0. The molecule has 0 aromatic rings. The number of hydrogen-bond acceptors (Lipinski definition) is 2. The number of aliphatic hydroxyl groups excluding tert-OH is 2. The molecular weight excluding hydrogens is 140 g/mol. The molecule has 1 aliphatic carbocycles. The maximum atomic E-state index is 9.11. The van der Waals surface area contributed by atoms with Crippen LogP contribution < -0.4 is 0 Å². The van der Waals surface area contributed by atoms with Crippen molar-refractivity contribution in [2.75, 3.05) is 6.61 Å². The van der Waals surface area contributed by atoms with Crippen molar-refractivity contribution in [3.63, 3.8) is 0 Å². The van der Waals surface area contributed by atoms with E-state index in [-0.39, 0.29) is 6.61 Å². The van der Waals surface area contributed by atoms with E-state index < -0.39 is 6.10 Å². The van der Waals surface area contributed by atoms with E-state index in [2.05, 4.69) is 0 Å². The second-order valence-electron chi connectivity index (χ2n) is 2.79. The van der Waals surface area contributed by atoms with Gasteiger partial charge in [0, 0.05) is 0 Å². The topological polar surface area (TPSA) is 40.5 Å².